The zero-order chi connectivity index (χ0) is 39.5. The predicted molar refractivity (Wildman–Crippen MR) is 211 cm³/mol. The van der Waals surface area contributed by atoms with Gasteiger partial charge in [-0.15, -0.1) is 0 Å². The second-order valence-electron chi connectivity index (χ2n) is 20.5. The molecule has 6 rings (SSSR count). The molecular formula is C46H68N2O6. The molecule has 1 aromatic rings. The summed E-state index contributed by atoms with van der Waals surface area (Å²) in [6.07, 6.45) is 13.1. The van der Waals surface area contributed by atoms with Crippen LogP contribution in [0.25, 0.3) is 0 Å². The molecule has 0 bridgehead atoms. The Bertz CT molecular complexity index is 1650. The number of carbonyl (C=O) groups excluding carboxylic acids is 3. The number of amides is 2. The van der Waals surface area contributed by atoms with E-state index in [1.165, 1.54) is 5.57 Å². The van der Waals surface area contributed by atoms with Crippen molar-refractivity contribution in [2.24, 2.45) is 56.2 Å². The highest BCUT2D eigenvalue weighted by Crippen LogP contribution is 2.76. The monoisotopic (exact) mass is 745 g/mol. The first-order valence-electron chi connectivity index (χ1n) is 21.0. The molecule has 1 aromatic carbocycles. The number of ether oxygens (including phenoxy) is 1. The van der Waals surface area contributed by atoms with Crippen LogP contribution in [0.3, 0.4) is 0 Å². The highest BCUT2D eigenvalue weighted by atomic mass is 16.5. The Morgan fingerprint density at radius 1 is 0.870 bits per heavy atom. The van der Waals surface area contributed by atoms with Crippen molar-refractivity contribution in [1.82, 2.24) is 10.6 Å². The molecule has 0 spiro atoms. The summed E-state index contributed by atoms with van der Waals surface area (Å²) >= 11 is 0. The normalized spacial score (nSPS) is 36.9. The molecule has 4 saturated carbocycles. The van der Waals surface area contributed by atoms with Crippen molar-refractivity contribution in [3.63, 3.8) is 0 Å². The van der Waals surface area contributed by atoms with Crippen LogP contribution in [-0.4, -0.2) is 47.6 Å². The van der Waals surface area contributed by atoms with Gasteiger partial charge in [-0.3, -0.25) is 9.59 Å². The van der Waals surface area contributed by atoms with Gasteiger partial charge in [-0.05, 0) is 128 Å². The molecule has 298 valence electrons. The fourth-order valence-electron chi connectivity index (χ4n) is 13.0. The summed E-state index contributed by atoms with van der Waals surface area (Å²) in [6.45, 7) is 21.1. The third-order valence-electron chi connectivity index (χ3n) is 16.4. The zero-order valence-corrected chi connectivity index (χ0v) is 34.6. The van der Waals surface area contributed by atoms with Gasteiger partial charge in [0.15, 0.2) is 0 Å². The zero-order valence-electron chi connectivity index (χ0n) is 34.6. The maximum Gasteiger partial charge on any atom is 0.338 e. The van der Waals surface area contributed by atoms with Crippen LogP contribution < -0.4 is 10.6 Å². The van der Waals surface area contributed by atoms with E-state index in [0.29, 0.717) is 30.4 Å². The molecular weight excluding hydrogens is 677 g/mol. The number of carbonyl (C=O) groups is 4. The van der Waals surface area contributed by atoms with Gasteiger partial charge in [-0.1, -0.05) is 92.2 Å². The molecule has 8 heteroatoms. The quantitative estimate of drug-likeness (QED) is 0.125. The van der Waals surface area contributed by atoms with E-state index in [1.54, 1.807) is 13.8 Å². The maximum atomic E-state index is 14.5. The van der Waals surface area contributed by atoms with Crippen LogP contribution in [-0.2, 0) is 19.1 Å². The summed E-state index contributed by atoms with van der Waals surface area (Å²) in [5.74, 6) is -0.503. The van der Waals surface area contributed by atoms with E-state index in [-0.39, 0.29) is 69.2 Å². The van der Waals surface area contributed by atoms with Crippen LogP contribution in [0.4, 0.5) is 0 Å². The van der Waals surface area contributed by atoms with Crippen molar-refractivity contribution in [1.29, 1.82) is 0 Å². The highest BCUT2D eigenvalue weighted by molar-refractivity contribution is 5.89. The Kier molecular flexibility index (Phi) is 10.8. The first-order valence-corrected chi connectivity index (χ1v) is 21.0. The lowest BCUT2D eigenvalue weighted by Gasteiger charge is -2.71. The number of rotatable bonds is 10. The molecule has 4 fully saturated rings. The van der Waals surface area contributed by atoms with Crippen molar-refractivity contribution < 1.29 is 29.0 Å². The third kappa shape index (κ3) is 6.73. The molecule has 5 aliphatic rings. The molecule has 0 radical (unpaired) electrons. The van der Waals surface area contributed by atoms with Crippen LogP contribution in [0.5, 0.6) is 0 Å². The number of aliphatic carboxylic acids is 1. The largest absolute Gasteiger partial charge is 0.480 e. The Balaban J connectivity index is 1.20. The van der Waals surface area contributed by atoms with Gasteiger partial charge in [0.25, 0.3) is 0 Å². The minimum absolute atomic E-state index is 0.0122. The first-order chi connectivity index (χ1) is 25.2. The van der Waals surface area contributed by atoms with Crippen molar-refractivity contribution in [2.75, 3.05) is 6.54 Å². The Morgan fingerprint density at radius 2 is 1.56 bits per heavy atom. The fourth-order valence-corrected chi connectivity index (χ4v) is 13.0. The summed E-state index contributed by atoms with van der Waals surface area (Å²) in [6, 6.07) is 8.47. The lowest BCUT2D eigenvalue weighted by molar-refractivity contribution is -0.204. The number of allylic oxidation sites excluding steroid dienone is 2. The van der Waals surface area contributed by atoms with Crippen LogP contribution >= 0.6 is 0 Å². The predicted octanol–water partition coefficient (Wildman–Crippen LogP) is 9.14. The van der Waals surface area contributed by atoms with Gasteiger partial charge in [0.05, 0.1) is 11.0 Å². The summed E-state index contributed by atoms with van der Waals surface area (Å²) in [4.78, 5) is 51.9. The van der Waals surface area contributed by atoms with E-state index < -0.39 is 17.4 Å². The first kappa shape index (κ1) is 40.5. The number of benzene rings is 1. The van der Waals surface area contributed by atoms with Gasteiger partial charge in [0.2, 0.25) is 11.8 Å². The minimum atomic E-state index is -1.03. The molecule has 0 heterocycles. The Morgan fingerprint density at radius 3 is 2.22 bits per heavy atom. The van der Waals surface area contributed by atoms with Crippen molar-refractivity contribution in [3.05, 3.63) is 47.5 Å². The highest BCUT2D eigenvalue weighted by Gasteiger charge is 2.69. The standard InChI is InChI=1S/C46H68N2O6/c1-29(2)37(38(50)51)48-36(49)16-13-27-47-40(53)46-25-23-41(3,4)28-32(46)31-17-18-34-43(7)21-20-35(54-39(52)30-14-11-10-12-15-30)42(5,6)33(43)19-22-45(34,9)44(31,8)24-26-46/h10-12,14-15,17,29,32-35,37H,13,16,18-28H2,1-9H3,(H,47,53)(H,48,49)(H,50,51)/t32-,33-,34+,35-,37-,43-,44+,45+,46-/m0/s1. The molecule has 5 aliphatic carbocycles. The second-order valence-corrected chi connectivity index (χ2v) is 20.5. The van der Waals surface area contributed by atoms with E-state index in [0.717, 1.165) is 64.2 Å². The summed E-state index contributed by atoms with van der Waals surface area (Å²) in [7, 11) is 0. The lowest BCUT2D eigenvalue weighted by Crippen LogP contribution is -2.65. The number of esters is 1. The van der Waals surface area contributed by atoms with Gasteiger partial charge in [0, 0.05) is 18.4 Å². The average Bonchev–Trinajstić information content (AvgIpc) is 3.10. The molecule has 9 atom stereocenters. The topological polar surface area (TPSA) is 122 Å². The summed E-state index contributed by atoms with van der Waals surface area (Å²) in [5, 5.41) is 15.4. The SMILES string of the molecule is CC(C)[C@H](NC(=O)CCCNC(=O)[C@]12CCC(C)(C)C[C@H]1C1=CC[C@@H]3[C@@]4(C)CC[C@H](OC(=O)c5ccccc5)C(C)(C)[C@@H]4CC[C@@]3(C)[C@]1(C)CC2)C(=O)O. The van der Waals surface area contributed by atoms with Gasteiger partial charge >= 0.3 is 11.9 Å². The minimum Gasteiger partial charge on any atom is -0.480 e. The molecule has 0 saturated heterocycles. The van der Waals surface area contributed by atoms with E-state index in [9.17, 15) is 24.3 Å². The van der Waals surface area contributed by atoms with Crippen molar-refractivity contribution >= 4 is 23.8 Å². The average molecular weight is 745 g/mol. The van der Waals surface area contributed by atoms with E-state index in [1.807, 2.05) is 30.3 Å². The maximum absolute atomic E-state index is 14.5. The van der Waals surface area contributed by atoms with E-state index >= 15 is 0 Å². The van der Waals surface area contributed by atoms with Gasteiger partial charge in [-0.2, -0.15) is 0 Å². The number of hydrogen-bond acceptors (Lipinski definition) is 5. The van der Waals surface area contributed by atoms with Crippen molar-refractivity contribution in [2.45, 2.75) is 152 Å². The molecule has 8 nitrogen and oxygen atoms in total. The second kappa shape index (κ2) is 14.4. The number of nitrogens with one attached hydrogen (secondary N) is 2. The van der Waals surface area contributed by atoms with Gasteiger partial charge < -0.3 is 20.5 Å². The number of carboxylic acids is 1. The van der Waals surface area contributed by atoms with Crippen LogP contribution in [0.2, 0.25) is 0 Å². The van der Waals surface area contributed by atoms with Gasteiger partial charge in [-0.25, -0.2) is 9.59 Å². The van der Waals surface area contributed by atoms with Crippen LogP contribution in [0.15, 0.2) is 42.0 Å². The van der Waals surface area contributed by atoms with Gasteiger partial charge in [0.1, 0.15) is 12.1 Å². The number of fused-ring (bicyclic) bond motifs is 7. The molecule has 3 N–H and O–H groups in total. The van der Waals surface area contributed by atoms with Crippen LogP contribution in [0.1, 0.15) is 150 Å². The molecule has 0 unspecified atom stereocenters. The summed E-state index contributed by atoms with van der Waals surface area (Å²) < 4.78 is 6.31. The number of carboxylic acid groups (broad SMARTS) is 1. The molecule has 2 amide bonds. The summed E-state index contributed by atoms with van der Waals surface area (Å²) in [5.41, 5.74) is 1.87. The molecule has 54 heavy (non-hydrogen) atoms. The smallest absolute Gasteiger partial charge is 0.338 e. The fraction of sp³-hybridized carbons (Fsp3) is 0.739. The van der Waals surface area contributed by atoms with E-state index in [2.05, 4.69) is 65.2 Å². The van der Waals surface area contributed by atoms with E-state index in [4.69, 9.17) is 4.74 Å². The van der Waals surface area contributed by atoms with Crippen LogP contribution in [0, 0.1) is 56.2 Å². The lowest BCUT2D eigenvalue weighted by atomic mass is 9.33. The number of hydrogen-bond donors (Lipinski definition) is 3. The molecule has 0 aliphatic heterocycles. The van der Waals surface area contributed by atoms with Crippen molar-refractivity contribution in [3.8, 4) is 0 Å². The third-order valence-corrected chi connectivity index (χ3v) is 16.4. The Labute approximate surface area is 324 Å². The molecule has 0 aromatic heterocycles. The Hall–Kier alpha value is -3.16.